The van der Waals surface area contributed by atoms with Gasteiger partial charge in [-0.1, -0.05) is 18.9 Å². The van der Waals surface area contributed by atoms with E-state index in [2.05, 4.69) is 27.4 Å². The molecule has 1 saturated carbocycles. The van der Waals surface area contributed by atoms with Crippen LogP contribution in [-0.4, -0.2) is 47.1 Å². The summed E-state index contributed by atoms with van der Waals surface area (Å²) in [4.78, 5) is 28.3. The van der Waals surface area contributed by atoms with Gasteiger partial charge in [-0.2, -0.15) is 0 Å². The van der Waals surface area contributed by atoms with Crippen molar-refractivity contribution in [3.63, 3.8) is 0 Å². The second kappa shape index (κ2) is 6.87. The lowest BCUT2D eigenvalue weighted by atomic mass is 9.83. The normalized spacial score (nSPS) is 21.5. The number of rotatable bonds is 3. The lowest BCUT2D eigenvalue weighted by molar-refractivity contribution is -0.138. The van der Waals surface area contributed by atoms with E-state index in [0.29, 0.717) is 26.3 Å². The van der Waals surface area contributed by atoms with E-state index in [1.54, 1.807) is 11.3 Å². The molecule has 4 heterocycles. The molecule has 2 aromatic rings. The molecule has 0 unspecified atom stereocenters. The minimum absolute atomic E-state index is 0.272. The monoisotopic (exact) mass is 384 g/mol. The minimum Gasteiger partial charge on any atom is -0.378 e. The van der Waals surface area contributed by atoms with Crippen LogP contribution in [0.1, 0.15) is 41.8 Å². The van der Waals surface area contributed by atoms with Crippen LogP contribution in [0.25, 0.3) is 0 Å². The van der Waals surface area contributed by atoms with Crippen LogP contribution in [-0.2, 0) is 28.0 Å². The molecule has 0 N–H and O–H groups in total. The Morgan fingerprint density at radius 3 is 2.74 bits per heavy atom. The quantitative estimate of drug-likeness (QED) is 0.814. The topological polar surface area (TPSA) is 58.6 Å². The second-order valence-electron chi connectivity index (χ2n) is 7.67. The maximum absolute atomic E-state index is 13.6. The molecule has 7 heteroatoms. The highest BCUT2D eigenvalue weighted by atomic mass is 32.1. The predicted molar refractivity (Wildman–Crippen MR) is 104 cm³/mol. The van der Waals surface area contributed by atoms with Crippen molar-refractivity contribution >= 4 is 23.2 Å². The molecule has 2 aromatic heterocycles. The Labute approximate surface area is 163 Å². The first kappa shape index (κ1) is 17.1. The Hall–Kier alpha value is -1.99. The molecule has 2 fully saturated rings. The zero-order chi connectivity index (χ0) is 18.3. The number of amides is 1. The summed E-state index contributed by atoms with van der Waals surface area (Å²) in [6.07, 6.45) is 6.09. The van der Waals surface area contributed by atoms with Crippen molar-refractivity contribution in [2.45, 2.75) is 44.2 Å². The molecule has 3 aliphatic rings. The molecule has 5 rings (SSSR count). The maximum Gasteiger partial charge on any atom is 0.234 e. The fraction of sp³-hybridized carbons (Fsp3) is 0.550. The van der Waals surface area contributed by atoms with Crippen molar-refractivity contribution in [2.75, 3.05) is 31.2 Å². The van der Waals surface area contributed by atoms with Gasteiger partial charge in [0.25, 0.3) is 0 Å². The molecule has 142 valence electrons. The van der Waals surface area contributed by atoms with Crippen LogP contribution in [0, 0.1) is 0 Å². The molecule has 0 atom stereocenters. The van der Waals surface area contributed by atoms with E-state index < -0.39 is 0 Å². The number of carbonyl (C=O) groups is 1. The number of carbonyl (C=O) groups excluding carboxylic acids is 1. The van der Waals surface area contributed by atoms with Gasteiger partial charge in [-0.05, 0) is 24.3 Å². The Balaban J connectivity index is 1.38. The lowest BCUT2D eigenvalue weighted by Gasteiger charge is -2.31. The van der Waals surface area contributed by atoms with E-state index in [-0.39, 0.29) is 11.3 Å². The highest BCUT2D eigenvalue weighted by Crippen LogP contribution is 2.45. The summed E-state index contributed by atoms with van der Waals surface area (Å²) >= 11 is 1.72. The number of nitrogens with zero attached hydrogens (tertiary/aromatic N) is 4. The Kier molecular flexibility index (Phi) is 4.36. The summed E-state index contributed by atoms with van der Waals surface area (Å²) in [5, 5.41) is 2.08. The predicted octanol–water partition coefficient (Wildman–Crippen LogP) is 2.73. The van der Waals surface area contributed by atoms with Crippen LogP contribution in [0.5, 0.6) is 0 Å². The Morgan fingerprint density at radius 1 is 1.19 bits per heavy atom. The maximum atomic E-state index is 13.6. The highest BCUT2D eigenvalue weighted by Gasteiger charge is 2.46. The van der Waals surface area contributed by atoms with E-state index in [0.717, 1.165) is 56.0 Å². The van der Waals surface area contributed by atoms with Crippen LogP contribution >= 0.6 is 11.3 Å². The van der Waals surface area contributed by atoms with Crippen LogP contribution in [0.15, 0.2) is 23.7 Å². The summed E-state index contributed by atoms with van der Waals surface area (Å²) in [5.74, 6) is 1.04. The molecule has 1 aliphatic carbocycles. The fourth-order valence-corrected chi connectivity index (χ4v) is 5.58. The molecular formula is C20H24N4O2S. The third kappa shape index (κ3) is 2.93. The van der Waals surface area contributed by atoms with Gasteiger partial charge in [0.05, 0.1) is 30.9 Å². The minimum atomic E-state index is -0.323. The largest absolute Gasteiger partial charge is 0.378 e. The molecule has 1 saturated heterocycles. The van der Waals surface area contributed by atoms with Gasteiger partial charge in [-0.3, -0.25) is 4.79 Å². The Morgan fingerprint density at radius 2 is 2.00 bits per heavy atom. The summed E-state index contributed by atoms with van der Waals surface area (Å²) in [6, 6.07) is 4.19. The number of ether oxygens (including phenoxy) is 1. The van der Waals surface area contributed by atoms with Crippen molar-refractivity contribution in [2.24, 2.45) is 0 Å². The number of hydrogen-bond donors (Lipinski definition) is 0. The van der Waals surface area contributed by atoms with Crippen molar-refractivity contribution < 1.29 is 9.53 Å². The van der Waals surface area contributed by atoms with E-state index in [1.807, 2.05) is 11.1 Å². The molecule has 0 spiro atoms. The third-order valence-electron chi connectivity index (χ3n) is 6.08. The molecule has 0 radical (unpaired) electrons. The lowest BCUT2D eigenvalue weighted by Crippen LogP contribution is -2.42. The van der Waals surface area contributed by atoms with E-state index in [1.165, 1.54) is 4.88 Å². The van der Waals surface area contributed by atoms with Gasteiger partial charge in [0.1, 0.15) is 0 Å². The molecular weight excluding hydrogens is 360 g/mol. The van der Waals surface area contributed by atoms with Gasteiger partial charge < -0.3 is 14.5 Å². The van der Waals surface area contributed by atoms with Crippen LogP contribution in [0.4, 0.5) is 5.95 Å². The van der Waals surface area contributed by atoms with Crippen LogP contribution in [0.3, 0.4) is 0 Å². The van der Waals surface area contributed by atoms with Gasteiger partial charge in [0.2, 0.25) is 11.9 Å². The molecule has 2 aliphatic heterocycles. The fourth-order valence-electron chi connectivity index (χ4n) is 4.60. The number of morpholine rings is 1. The first-order valence-electron chi connectivity index (χ1n) is 9.77. The summed E-state index contributed by atoms with van der Waals surface area (Å²) in [7, 11) is 0. The first-order valence-corrected chi connectivity index (χ1v) is 10.7. The molecule has 1 amide bonds. The van der Waals surface area contributed by atoms with Gasteiger partial charge in [0.15, 0.2) is 0 Å². The summed E-state index contributed by atoms with van der Waals surface area (Å²) < 4.78 is 5.42. The molecule has 6 nitrogen and oxygen atoms in total. The Bertz CT molecular complexity index is 827. The molecule has 0 bridgehead atoms. The van der Waals surface area contributed by atoms with Crippen molar-refractivity contribution in [3.8, 4) is 0 Å². The van der Waals surface area contributed by atoms with Gasteiger partial charge >= 0.3 is 0 Å². The van der Waals surface area contributed by atoms with E-state index in [9.17, 15) is 4.79 Å². The summed E-state index contributed by atoms with van der Waals surface area (Å²) in [5.41, 5.74) is 1.76. The van der Waals surface area contributed by atoms with E-state index in [4.69, 9.17) is 9.72 Å². The average Bonchev–Trinajstić information content (AvgIpc) is 3.48. The molecule has 0 aromatic carbocycles. The van der Waals surface area contributed by atoms with Gasteiger partial charge in [-0.15, -0.1) is 11.3 Å². The van der Waals surface area contributed by atoms with Gasteiger partial charge in [0, 0.05) is 36.3 Å². The van der Waals surface area contributed by atoms with Crippen molar-refractivity contribution in [1.29, 1.82) is 0 Å². The number of fused-ring (bicyclic) bond motifs is 1. The highest BCUT2D eigenvalue weighted by molar-refractivity contribution is 7.10. The third-order valence-corrected chi connectivity index (χ3v) is 7.16. The number of hydrogen-bond acceptors (Lipinski definition) is 6. The van der Waals surface area contributed by atoms with Crippen LogP contribution in [0.2, 0.25) is 0 Å². The zero-order valence-electron chi connectivity index (χ0n) is 15.4. The zero-order valence-corrected chi connectivity index (χ0v) is 16.2. The number of thiophene rings is 1. The average molecular weight is 385 g/mol. The standard InChI is InChI=1S/C20H24N4O2S/c25-18(20(5-1-2-6-20)17-4-3-11-27-17)24-13-15-12-21-19(22-16(15)14-24)23-7-9-26-10-8-23/h3-4,11-12H,1-2,5-10,13-14H2. The smallest absolute Gasteiger partial charge is 0.234 e. The van der Waals surface area contributed by atoms with Crippen molar-refractivity contribution in [3.05, 3.63) is 39.8 Å². The van der Waals surface area contributed by atoms with Crippen LogP contribution < -0.4 is 4.90 Å². The second-order valence-corrected chi connectivity index (χ2v) is 8.62. The number of anilines is 1. The first-order chi connectivity index (χ1) is 13.3. The number of aromatic nitrogens is 2. The SMILES string of the molecule is O=C(N1Cc2cnc(N3CCOCC3)nc2C1)C1(c2cccs2)CCCC1. The van der Waals surface area contributed by atoms with E-state index >= 15 is 0 Å². The van der Waals surface area contributed by atoms with Gasteiger partial charge in [-0.25, -0.2) is 9.97 Å². The van der Waals surface area contributed by atoms with Crippen molar-refractivity contribution in [1.82, 2.24) is 14.9 Å². The molecule has 27 heavy (non-hydrogen) atoms. The summed E-state index contributed by atoms with van der Waals surface area (Å²) in [6.45, 7) is 4.31.